The van der Waals surface area contributed by atoms with Gasteiger partial charge in [0.25, 0.3) is 0 Å². The third-order valence-electron chi connectivity index (χ3n) is 9.29. The number of aliphatic hydroxyl groups is 2. The molecule has 2 N–H and O–H groups in total. The first-order chi connectivity index (χ1) is 10.9. The maximum Gasteiger partial charge on any atom is 0.0545 e. The molecule has 0 amide bonds. The molecule has 4 fully saturated rings. The minimum absolute atomic E-state index is 0.0374. The Morgan fingerprint density at radius 3 is 2.30 bits per heavy atom. The summed E-state index contributed by atoms with van der Waals surface area (Å²) in [5, 5.41) is 20.4. The first-order valence-corrected chi connectivity index (χ1v) is 10.2. The SMILES string of the molecule is C[C@@H](O)[C@@H]1CC[C@@H]2[C@H]3CC[C@H]4C[C@@H](O)CC[C@@]4(C)[C@@H]3CC[C@]21C. The number of hydrogen-bond donors (Lipinski definition) is 2. The van der Waals surface area contributed by atoms with E-state index in [-0.39, 0.29) is 12.2 Å². The van der Waals surface area contributed by atoms with Crippen molar-refractivity contribution in [3.8, 4) is 0 Å². The van der Waals surface area contributed by atoms with Gasteiger partial charge in [-0.05, 0) is 105 Å². The van der Waals surface area contributed by atoms with Crippen LogP contribution in [0.5, 0.6) is 0 Å². The normalized spacial score (nSPS) is 57.3. The highest BCUT2D eigenvalue weighted by Gasteiger charge is 2.60. The van der Waals surface area contributed by atoms with E-state index in [0.29, 0.717) is 16.7 Å². The van der Waals surface area contributed by atoms with Gasteiger partial charge in [-0.2, -0.15) is 0 Å². The van der Waals surface area contributed by atoms with Crippen molar-refractivity contribution in [1.82, 2.24) is 0 Å². The molecule has 4 aliphatic rings. The molecule has 0 bridgehead atoms. The van der Waals surface area contributed by atoms with Crippen LogP contribution in [0.1, 0.15) is 78.6 Å². The van der Waals surface area contributed by atoms with E-state index in [1.807, 2.05) is 6.92 Å². The summed E-state index contributed by atoms with van der Waals surface area (Å²) in [5.41, 5.74) is 0.860. The first kappa shape index (κ1) is 16.4. The van der Waals surface area contributed by atoms with E-state index in [0.717, 1.165) is 36.5 Å². The molecule has 0 aromatic heterocycles. The summed E-state index contributed by atoms with van der Waals surface area (Å²) < 4.78 is 0. The van der Waals surface area contributed by atoms with E-state index in [1.165, 1.54) is 44.9 Å². The zero-order chi connectivity index (χ0) is 16.4. The summed E-state index contributed by atoms with van der Waals surface area (Å²) in [6, 6.07) is 0. The van der Waals surface area contributed by atoms with Gasteiger partial charge in [0, 0.05) is 0 Å². The third-order valence-corrected chi connectivity index (χ3v) is 9.29. The van der Waals surface area contributed by atoms with E-state index in [1.54, 1.807) is 0 Å². The third kappa shape index (κ3) is 2.27. The molecule has 9 atom stereocenters. The lowest BCUT2D eigenvalue weighted by atomic mass is 9.44. The van der Waals surface area contributed by atoms with Crippen molar-refractivity contribution in [2.24, 2.45) is 40.4 Å². The second-order valence-electron chi connectivity index (χ2n) is 10.1. The van der Waals surface area contributed by atoms with Crippen LogP contribution in [0.2, 0.25) is 0 Å². The zero-order valence-corrected chi connectivity index (χ0v) is 15.3. The predicted octanol–water partition coefficient (Wildman–Crippen LogP) is 4.39. The van der Waals surface area contributed by atoms with E-state index in [2.05, 4.69) is 13.8 Å². The van der Waals surface area contributed by atoms with Crippen LogP contribution in [0.25, 0.3) is 0 Å². The van der Waals surface area contributed by atoms with Crippen molar-refractivity contribution in [2.75, 3.05) is 0 Å². The maximum atomic E-state index is 10.3. The minimum Gasteiger partial charge on any atom is -0.393 e. The summed E-state index contributed by atoms with van der Waals surface area (Å²) in [5.74, 6) is 3.87. The van der Waals surface area contributed by atoms with Crippen LogP contribution in [0.15, 0.2) is 0 Å². The Balaban J connectivity index is 1.60. The van der Waals surface area contributed by atoms with Crippen LogP contribution in [0, 0.1) is 40.4 Å². The molecular formula is C21H36O2. The van der Waals surface area contributed by atoms with Gasteiger partial charge in [-0.1, -0.05) is 13.8 Å². The van der Waals surface area contributed by atoms with E-state index >= 15 is 0 Å². The summed E-state index contributed by atoms with van der Waals surface area (Å²) in [4.78, 5) is 0. The summed E-state index contributed by atoms with van der Waals surface area (Å²) in [7, 11) is 0. The van der Waals surface area contributed by atoms with Crippen LogP contribution in [-0.2, 0) is 0 Å². The molecule has 4 rings (SSSR count). The molecule has 23 heavy (non-hydrogen) atoms. The molecule has 0 unspecified atom stereocenters. The van der Waals surface area contributed by atoms with Crippen LogP contribution in [0.3, 0.4) is 0 Å². The fourth-order valence-corrected chi connectivity index (χ4v) is 8.07. The summed E-state index contributed by atoms with van der Waals surface area (Å²) in [6.07, 6.45) is 11.1. The average molecular weight is 321 g/mol. The zero-order valence-electron chi connectivity index (χ0n) is 15.3. The van der Waals surface area contributed by atoms with Gasteiger partial charge in [0.1, 0.15) is 0 Å². The lowest BCUT2D eigenvalue weighted by Gasteiger charge is -2.61. The van der Waals surface area contributed by atoms with Gasteiger partial charge in [0.2, 0.25) is 0 Å². The van der Waals surface area contributed by atoms with Gasteiger partial charge in [-0.25, -0.2) is 0 Å². The molecule has 0 spiro atoms. The fourth-order valence-electron chi connectivity index (χ4n) is 8.07. The molecule has 0 heterocycles. The van der Waals surface area contributed by atoms with Gasteiger partial charge in [-0.15, -0.1) is 0 Å². The van der Waals surface area contributed by atoms with Crippen LogP contribution in [-0.4, -0.2) is 22.4 Å². The number of aliphatic hydroxyl groups excluding tert-OH is 2. The van der Waals surface area contributed by atoms with Crippen molar-refractivity contribution in [1.29, 1.82) is 0 Å². The number of hydrogen-bond acceptors (Lipinski definition) is 2. The lowest BCUT2D eigenvalue weighted by molar-refractivity contribution is -0.132. The Hall–Kier alpha value is -0.0800. The van der Waals surface area contributed by atoms with Gasteiger partial charge >= 0.3 is 0 Å². The fraction of sp³-hybridized carbons (Fsp3) is 1.00. The van der Waals surface area contributed by atoms with Gasteiger partial charge in [0.05, 0.1) is 12.2 Å². The molecule has 0 radical (unpaired) electrons. The predicted molar refractivity (Wildman–Crippen MR) is 92.9 cm³/mol. The number of rotatable bonds is 1. The van der Waals surface area contributed by atoms with Gasteiger partial charge < -0.3 is 10.2 Å². The highest BCUT2D eigenvalue weighted by atomic mass is 16.3. The van der Waals surface area contributed by atoms with Crippen LogP contribution in [0.4, 0.5) is 0 Å². The Morgan fingerprint density at radius 2 is 1.57 bits per heavy atom. The van der Waals surface area contributed by atoms with Crippen molar-refractivity contribution >= 4 is 0 Å². The molecule has 0 aromatic carbocycles. The van der Waals surface area contributed by atoms with Gasteiger partial charge in [-0.3, -0.25) is 0 Å². The molecular weight excluding hydrogens is 284 g/mol. The second kappa shape index (κ2) is 5.46. The molecule has 4 aliphatic carbocycles. The quantitative estimate of drug-likeness (QED) is 0.752. The molecule has 0 saturated heterocycles. The Kier molecular flexibility index (Phi) is 3.89. The summed E-state index contributed by atoms with van der Waals surface area (Å²) >= 11 is 0. The Labute approximate surface area is 142 Å². The van der Waals surface area contributed by atoms with Crippen molar-refractivity contribution in [2.45, 2.75) is 90.8 Å². The summed E-state index contributed by atoms with van der Waals surface area (Å²) in [6.45, 7) is 7.08. The standard InChI is InChI=1S/C21H36O2/c1-13(22)17-6-7-18-16-5-4-14-12-15(23)8-10-20(14,2)19(16)9-11-21(17,18)3/h13-19,22-23H,4-12H2,1-3H3/t13-,14+,15+,16-,17+,18-,19-,20-,21+/m1/s1. The monoisotopic (exact) mass is 320 g/mol. The van der Waals surface area contributed by atoms with Crippen molar-refractivity contribution in [3.63, 3.8) is 0 Å². The van der Waals surface area contributed by atoms with Gasteiger partial charge in [0.15, 0.2) is 0 Å². The Morgan fingerprint density at radius 1 is 0.870 bits per heavy atom. The molecule has 132 valence electrons. The van der Waals surface area contributed by atoms with Crippen molar-refractivity contribution < 1.29 is 10.2 Å². The Bertz CT molecular complexity index is 461. The maximum absolute atomic E-state index is 10.3. The molecule has 0 aliphatic heterocycles. The van der Waals surface area contributed by atoms with Crippen molar-refractivity contribution in [3.05, 3.63) is 0 Å². The molecule has 0 aromatic rings. The molecule has 4 saturated carbocycles. The smallest absolute Gasteiger partial charge is 0.0545 e. The minimum atomic E-state index is -0.140. The average Bonchev–Trinajstić information content (AvgIpc) is 2.85. The number of fused-ring (bicyclic) bond motifs is 5. The topological polar surface area (TPSA) is 40.5 Å². The highest BCUT2D eigenvalue weighted by Crippen LogP contribution is 2.67. The van der Waals surface area contributed by atoms with E-state index in [4.69, 9.17) is 0 Å². The molecule has 2 heteroatoms. The largest absolute Gasteiger partial charge is 0.393 e. The van der Waals surface area contributed by atoms with E-state index in [9.17, 15) is 10.2 Å². The first-order valence-electron chi connectivity index (χ1n) is 10.2. The highest BCUT2D eigenvalue weighted by molar-refractivity contribution is 5.09. The van der Waals surface area contributed by atoms with E-state index < -0.39 is 0 Å². The van der Waals surface area contributed by atoms with Crippen LogP contribution >= 0.6 is 0 Å². The molecule has 2 nitrogen and oxygen atoms in total. The van der Waals surface area contributed by atoms with Crippen LogP contribution < -0.4 is 0 Å². The second-order valence-corrected chi connectivity index (χ2v) is 10.1. The lowest BCUT2D eigenvalue weighted by Crippen LogP contribution is -2.54.